The number of likely N-dealkylation sites (N-methyl/N-ethyl adjacent to an activating group) is 1. The second-order valence-electron chi connectivity index (χ2n) is 6.07. The Morgan fingerprint density at radius 3 is 2.58 bits per heavy atom. The van der Waals surface area contributed by atoms with Crippen molar-refractivity contribution in [2.75, 3.05) is 28.7 Å². The number of amides is 2. The summed E-state index contributed by atoms with van der Waals surface area (Å²) in [7, 11) is 1.89. The molecule has 0 bridgehead atoms. The summed E-state index contributed by atoms with van der Waals surface area (Å²) in [6, 6.07) is 17.0. The van der Waals surface area contributed by atoms with Gasteiger partial charge in [-0.2, -0.15) is 0 Å². The van der Waals surface area contributed by atoms with Crippen LogP contribution in [0.15, 0.2) is 54.6 Å². The Labute approximate surface area is 141 Å². The molecule has 2 aromatic carbocycles. The lowest BCUT2D eigenvalue weighted by Gasteiger charge is -2.30. The van der Waals surface area contributed by atoms with Crippen molar-refractivity contribution in [2.45, 2.75) is 19.4 Å². The molecule has 1 unspecified atom stereocenters. The lowest BCUT2D eigenvalue weighted by Crippen LogP contribution is -2.44. The van der Waals surface area contributed by atoms with Crippen LogP contribution < -0.4 is 15.1 Å². The minimum atomic E-state index is -0.190. The molecule has 0 saturated heterocycles. The number of hydrogen-bond acceptors (Lipinski definition) is 3. The molecule has 0 fully saturated rings. The van der Waals surface area contributed by atoms with Crippen LogP contribution >= 0.6 is 0 Å². The first-order valence-corrected chi connectivity index (χ1v) is 8.03. The highest BCUT2D eigenvalue weighted by molar-refractivity contribution is 6.05. The average Bonchev–Trinajstić information content (AvgIpc) is 2.69. The summed E-state index contributed by atoms with van der Waals surface area (Å²) in [5.41, 5.74) is 2.42. The topological polar surface area (TPSA) is 52.7 Å². The van der Waals surface area contributed by atoms with Gasteiger partial charge in [0.1, 0.15) is 0 Å². The number of fused-ring (bicyclic) bond motifs is 1. The van der Waals surface area contributed by atoms with Crippen LogP contribution in [0.1, 0.15) is 13.3 Å². The van der Waals surface area contributed by atoms with E-state index in [1.54, 1.807) is 4.90 Å². The highest BCUT2D eigenvalue weighted by Gasteiger charge is 2.29. The van der Waals surface area contributed by atoms with Gasteiger partial charge in [0.15, 0.2) is 0 Å². The fourth-order valence-electron chi connectivity index (χ4n) is 3.02. The number of benzene rings is 2. The molecule has 5 heteroatoms. The summed E-state index contributed by atoms with van der Waals surface area (Å²) < 4.78 is 0. The lowest BCUT2D eigenvalue weighted by molar-refractivity contribution is -0.118. The molecule has 5 nitrogen and oxygen atoms in total. The maximum atomic E-state index is 13.0. The zero-order valence-corrected chi connectivity index (χ0v) is 13.9. The molecule has 0 spiro atoms. The van der Waals surface area contributed by atoms with Crippen LogP contribution in [-0.2, 0) is 9.59 Å². The van der Waals surface area contributed by atoms with Gasteiger partial charge in [-0.1, -0.05) is 30.3 Å². The third kappa shape index (κ3) is 3.25. The van der Waals surface area contributed by atoms with E-state index in [-0.39, 0.29) is 30.8 Å². The van der Waals surface area contributed by atoms with Crippen LogP contribution in [-0.4, -0.2) is 31.4 Å². The van der Waals surface area contributed by atoms with Crippen molar-refractivity contribution in [3.63, 3.8) is 0 Å². The Balaban J connectivity index is 1.86. The van der Waals surface area contributed by atoms with Crippen molar-refractivity contribution >= 4 is 28.9 Å². The third-order valence-corrected chi connectivity index (χ3v) is 4.20. The molecule has 1 atom stereocenters. The van der Waals surface area contributed by atoms with Crippen LogP contribution in [0.3, 0.4) is 0 Å². The van der Waals surface area contributed by atoms with E-state index in [1.165, 1.54) is 0 Å². The molecule has 124 valence electrons. The fourth-order valence-corrected chi connectivity index (χ4v) is 3.02. The number of rotatable bonds is 3. The normalized spacial score (nSPS) is 16.8. The first-order chi connectivity index (χ1) is 11.6. The van der Waals surface area contributed by atoms with Crippen molar-refractivity contribution in [3.8, 4) is 0 Å². The van der Waals surface area contributed by atoms with Crippen molar-refractivity contribution < 1.29 is 9.59 Å². The molecule has 3 rings (SSSR count). The van der Waals surface area contributed by atoms with Gasteiger partial charge in [-0.15, -0.1) is 0 Å². The van der Waals surface area contributed by atoms with Crippen LogP contribution in [0.2, 0.25) is 0 Å². The molecule has 2 aromatic rings. The maximum Gasteiger partial charge on any atom is 0.246 e. The quantitative estimate of drug-likeness (QED) is 0.945. The molecule has 1 aliphatic heterocycles. The summed E-state index contributed by atoms with van der Waals surface area (Å²) >= 11 is 0. The summed E-state index contributed by atoms with van der Waals surface area (Å²) in [5, 5.41) is 2.88. The Morgan fingerprint density at radius 1 is 1.17 bits per heavy atom. The van der Waals surface area contributed by atoms with E-state index >= 15 is 0 Å². The first kappa shape index (κ1) is 16.1. The first-order valence-electron chi connectivity index (χ1n) is 8.03. The minimum Gasteiger partial charge on any atom is -0.365 e. The monoisotopic (exact) mass is 323 g/mol. The molecular weight excluding hydrogens is 302 g/mol. The van der Waals surface area contributed by atoms with E-state index < -0.39 is 0 Å². The molecule has 0 radical (unpaired) electrons. The Hall–Kier alpha value is -2.82. The molecule has 1 heterocycles. The van der Waals surface area contributed by atoms with Gasteiger partial charge in [0.2, 0.25) is 11.8 Å². The Morgan fingerprint density at radius 2 is 1.83 bits per heavy atom. The standard InChI is InChI=1S/C19H21N3O2/c1-14-12-18(23)20-16-10-6-7-11-17(16)22(14)19(24)13-21(2)15-8-4-3-5-9-15/h3-11,14H,12-13H2,1-2H3,(H,20,23). The van der Waals surface area contributed by atoms with Crippen LogP contribution in [0.5, 0.6) is 0 Å². The molecule has 1 N–H and O–H groups in total. The van der Waals surface area contributed by atoms with E-state index in [2.05, 4.69) is 5.32 Å². The molecule has 0 aliphatic carbocycles. The summed E-state index contributed by atoms with van der Waals surface area (Å²) in [5.74, 6) is -0.0977. The summed E-state index contributed by atoms with van der Waals surface area (Å²) in [6.07, 6.45) is 0.287. The van der Waals surface area contributed by atoms with E-state index in [1.807, 2.05) is 73.5 Å². The van der Waals surface area contributed by atoms with Crippen molar-refractivity contribution in [1.29, 1.82) is 0 Å². The molecular formula is C19H21N3O2. The zero-order valence-electron chi connectivity index (χ0n) is 13.9. The third-order valence-electron chi connectivity index (χ3n) is 4.20. The highest BCUT2D eigenvalue weighted by Crippen LogP contribution is 2.31. The van der Waals surface area contributed by atoms with Gasteiger partial charge in [0.05, 0.1) is 17.9 Å². The van der Waals surface area contributed by atoms with Gasteiger partial charge < -0.3 is 15.1 Å². The van der Waals surface area contributed by atoms with E-state index in [4.69, 9.17) is 0 Å². The highest BCUT2D eigenvalue weighted by atomic mass is 16.2. The van der Waals surface area contributed by atoms with E-state index in [0.717, 1.165) is 11.4 Å². The maximum absolute atomic E-state index is 13.0. The summed E-state index contributed by atoms with van der Waals surface area (Å²) in [4.78, 5) is 28.6. The van der Waals surface area contributed by atoms with Crippen LogP contribution in [0.4, 0.5) is 17.1 Å². The molecule has 24 heavy (non-hydrogen) atoms. The largest absolute Gasteiger partial charge is 0.365 e. The minimum absolute atomic E-state index is 0.0298. The Kier molecular flexibility index (Phi) is 4.51. The van der Waals surface area contributed by atoms with Gasteiger partial charge in [-0.05, 0) is 31.2 Å². The van der Waals surface area contributed by atoms with Crippen LogP contribution in [0.25, 0.3) is 0 Å². The van der Waals surface area contributed by atoms with Gasteiger partial charge in [-0.25, -0.2) is 0 Å². The molecule has 0 saturated carbocycles. The van der Waals surface area contributed by atoms with E-state index in [0.29, 0.717) is 5.69 Å². The number of carbonyl (C=O) groups is 2. The fraction of sp³-hybridized carbons (Fsp3) is 0.263. The number of hydrogen-bond donors (Lipinski definition) is 1. The zero-order chi connectivity index (χ0) is 17.1. The number of nitrogens with one attached hydrogen (secondary N) is 1. The molecule has 1 aliphatic rings. The van der Waals surface area contributed by atoms with Crippen molar-refractivity contribution in [3.05, 3.63) is 54.6 Å². The van der Waals surface area contributed by atoms with Gasteiger partial charge in [0, 0.05) is 25.2 Å². The second-order valence-corrected chi connectivity index (χ2v) is 6.07. The second kappa shape index (κ2) is 6.74. The van der Waals surface area contributed by atoms with Gasteiger partial charge in [-0.3, -0.25) is 9.59 Å². The average molecular weight is 323 g/mol. The smallest absolute Gasteiger partial charge is 0.246 e. The number of para-hydroxylation sites is 3. The predicted octanol–water partition coefficient (Wildman–Crippen LogP) is 2.89. The number of carbonyl (C=O) groups excluding carboxylic acids is 2. The number of anilines is 3. The van der Waals surface area contributed by atoms with Crippen molar-refractivity contribution in [1.82, 2.24) is 0 Å². The SMILES string of the molecule is CC1CC(=O)Nc2ccccc2N1C(=O)CN(C)c1ccccc1. The van der Waals surface area contributed by atoms with Crippen molar-refractivity contribution in [2.24, 2.45) is 0 Å². The van der Waals surface area contributed by atoms with Crippen LogP contribution in [0, 0.1) is 0 Å². The summed E-state index contributed by atoms with van der Waals surface area (Å²) in [6.45, 7) is 2.15. The molecule has 0 aromatic heterocycles. The Bertz CT molecular complexity index is 745. The lowest BCUT2D eigenvalue weighted by atomic mass is 10.1. The molecule has 2 amide bonds. The van der Waals surface area contributed by atoms with E-state index in [9.17, 15) is 9.59 Å². The van der Waals surface area contributed by atoms with Gasteiger partial charge >= 0.3 is 0 Å². The number of nitrogens with zero attached hydrogens (tertiary/aromatic N) is 2. The predicted molar refractivity (Wildman–Crippen MR) is 96.3 cm³/mol. The van der Waals surface area contributed by atoms with Gasteiger partial charge in [0.25, 0.3) is 0 Å².